The lowest BCUT2D eigenvalue weighted by molar-refractivity contribution is -0.384. The van der Waals surface area contributed by atoms with Crippen molar-refractivity contribution in [1.82, 2.24) is 4.90 Å². The van der Waals surface area contributed by atoms with Crippen LogP contribution in [-0.2, 0) is 0 Å². The smallest absolute Gasteiger partial charge is 0.269 e. The quantitative estimate of drug-likeness (QED) is 0.607. The third-order valence-corrected chi connectivity index (χ3v) is 4.11. The molecule has 0 radical (unpaired) electrons. The van der Waals surface area contributed by atoms with E-state index in [2.05, 4.69) is 6.92 Å². The van der Waals surface area contributed by atoms with Gasteiger partial charge in [-0.3, -0.25) is 14.9 Å². The zero-order valence-corrected chi connectivity index (χ0v) is 13.4. The van der Waals surface area contributed by atoms with Crippen molar-refractivity contribution in [2.24, 2.45) is 0 Å². The van der Waals surface area contributed by atoms with Crippen molar-refractivity contribution in [3.05, 3.63) is 75.3 Å². The molecule has 2 aromatic carbocycles. The highest BCUT2D eigenvalue weighted by atomic mass is 16.6. The zero-order valence-electron chi connectivity index (χ0n) is 13.4. The number of hydrogen-bond donors (Lipinski definition) is 0. The largest absolute Gasteiger partial charge is 0.308 e. The lowest BCUT2D eigenvalue weighted by atomic mass is 10.1. The van der Waals surface area contributed by atoms with Crippen molar-refractivity contribution >= 4 is 23.4 Å². The maximum Gasteiger partial charge on any atom is 0.269 e. The van der Waals surface area contributed by atoms with Gasteiger partial charge in [-0.1, -0.05) is 31.5 Å². The summed E-state index contributed by atoms with van der Waals surface area (Å²) in [5.41, 5.74) is 3.38. The molecule has 0 bridgehead atoms. The standard InChI is InChI=1S/C19H18N2O3/c1-2-3-12-20-18(16-6-4-5-7-17(16)19(20)22)13-14-8-10-15(11-9-14)21(23)24/h4-11,13H,2-3,12H2,1H3. The van der Waals surface area contributed by atoms with Crippen LogP contribution in [0, 0.1) is 10.1 Å². The molecule has 1 amide bonds. The minimum Gasteiger partial charge on any atom is -0.308 e. The molecule has 3 rings (SSSR count). The third-order valence-electron chi connectivity index (χ3n) is 4.11. The SMILES string of the molecule is CCCCN1C(=O)c2ccccc2C1=Cc1ccc([N+](=O)[O-])cc1. The van der Waals surface area contributed by atoms with Gasteiger partial charge >= 0.3 is 0 Å². The number of carbonyl (C=O) groups is 1. The first-order valence-corrected chi connectivity index (χ1v) is 7.99. The van der Waals surface area contributed by atoms with Gasteiger partial charge in [0.2, 0.25) is 0 Å². The molecule has 5 heteroatoms. The van der Waals surface area contributed by atoms with Crippen LogP contribution < -0.4 is 0 Å². The first-order valence-electron chi connectivity index (χ1n) is 7.99. The summed E-state index contributed by atoms with van der Waals surface area (Å²) < 4.78 is 0. The van der Waals surface area contributed by atoms with Crippen LogP contribution in [0.3, 0.4) is 0 Å². The number of amides is 1. The summed E-state index contributed by atoms with van der Waals surface area (Å²) in [7, 11) is 0. The first kappa shape index (κ1) is 15.9. The fourth-order valence-corrected chi connectivity index (χ4v) is 2.84. The summed E-state index contributed by atoms with van der Waals surface area (Å²) in [4.78, 5) is 24.8. The lowest BCUT2D eigenvalue weighted by Crippen LogP contribution is -2.24. The van der Waals surface area contributed by atoms with Crippen molar-refractivity contribution in [1.29, 1.82) is 0 Å². The highest BCUT2D eigenvalue weighted by Crippen LogP contribution is 2.34. The highest BCUT2D eigenvalue weighted by molar-refractivity contribution is 6.11. The van der Waals surface area contributed by atoms with E-state index in [4.69, 9.17) is 0 Å². The number of rotatable bonds is 5. The topological polar surface area (TPSA) is 63.5 Å². The van der Waals surface area contributed by atoms with Gasteiger partial charge in [-0.25, -0.2) is 0 Å². The van der Waals surface area contributed by atoms with Gasteiger partial charge < -0.3 is 4.90 Å². The molecule has 5 nitrogen and oxygen atoms in total. The Hall–Kier alpha value is -2.95. The van der Waals surface area contributed by atoms with Gasteiger partial charge in [-0.15, -0.1) is 0 Å². The normalized spacial score (nSPS) is 15.0. The monoisotopic (exact) mass is 322 g/mol. The maximum atomic E-state index is 12.6. The van der Waals surface area contributed by atoms with Crippen LogP contribution in [0.25, 0.3) is 11.8 Å². The van der Waals surface area contributed by atoms with Crippen LogP contribution in [0.2, 0.25) is 0 Å². The Balaban J connectivity index is 2.01. The molecule has 0 fully saturated rings. The number of nitro benzene ring substituents is 1. The Kier molecular flexibility index (Phi) is 4.42. The predicted molar refractivity (Wildman–Crippen MR) is 93.4 cm³/mol. The van der Waals surface area contributed by atoms with E-state index in [1.807, 2.05) is 30.3 Å². The minimum absolute atomic E-state index is 0.0206. The molecule has 1 aliphatic rings. The molecule has 0 saturated carbocycles. The summed E-state index contributed by atoms with van der Waals surface area (Å²) in [6, 6.07) is 13.9. The number of hydrogen-bond acceptors (Lipinski definition) is 3. The first-order chi connectivity index (χ1) is 11.6. The summed E-state index contributed by atoms with van der Waals surface area (Å²) in [5, 5.41) is 10.8. The predicted octanol–water partition coefficient (Wildman–Crippen LogP) is 4.35. The van der Waals surface area contributed by atoms with Crippen LogP contribution in [0.4, 0.5) is 5.69 Å². The fourth-order valence-electron chi connectivity index (χ4n) is 2.84. The number of fused-ring (bicyclic) bond motifs is 1. The maximum absolute atomic E-state index is 12.6. The van der Waals surface area contributed by atoms with E-state index in [1.54, 1.807) is 17.0 Å². The van der Waals surface area contributed by atoms with E-state index in [9.17, 15) is 14.9 Å². The molecule has 1 heterocycles. The average Bonchev–Trinajstić information content (AvgIpc) is 2.86. The van der Waals surface area contributed by atoms with Gasteiger partial charge in [0, 0.05) is 29.8 Å². The van der Waals surface area contributed by atoms with Gasteiger partial charge in [0.25, 0.3) is 11.6 Å². The average molecular weight is 322 g/mol. The molecule has 0 aliphatic carbocycles. The number of benzene rings is 2. The van der Waals surface area contributed by atoms with E-state index in [1.165, 1.54) is 12.1 Å². The van der Waals surface area contributed by atoms with E-state index < -0.39 is 4.92 Å². The van der Waals surface area contributed by atoms with Gasteiger partial charge in [0.15, 0.2) is 0 Å². The molecular formula is C19H18N2O3. The van der Waals surface area contributed by atoms with Gasteiger partial charge in [-0.2, -0.15) is 0 Å². The molecule has 0 aromatic heterocycles. The number of carbonyl (C=O) groups excluding carboxylic acids is 1. The third kappa shape index (κ3) is 2.93. The number of nitro groups is 1. The lowest BCUT2D eigenvalue weighted by Gasteiger charge is -2.18. The van der Waals surface area contributed by atoms with Crippen molar-refractivity contribution < 1.29 is 9.72 Å². The number of unbranched alkanes of at least 4 members (excludes halogenated alkanes) is 1. The molecule has 24 heavy (non-hydrogen) atoms. The Morgan fingerprint density at radius 3 is 2.38 bits per heavy atom. The molecular weight excluding hydrogens is 304 g/mol. The van der Waals surface area contributed by atoms with Crippen LogP contribution in [0.1, 0.15) is 41.3 Å². The second-order valence-electron chi connectivity index (χ2n) is 5.73. The van der Waals surface area contributed by atoms with Crippen LogP contribution in [0.5, 0.6) is 0 Å². The van der Waals surface area contributed by atoms with Crippen LogP contribution >= 0.6 is 0 Å². The second kappa shape index (κ2) is 6.66. The van der Waals surface area contributed by atoms with Crippen molar-refractivity contribution in [3.63, 3.8) is 0 Å². The summed E-state index contributed by atoms with van der Waals surface area (Å²) in [6.45, 7) is 2.76. The number of non-ortho nitro benzene ring substituents is 1. The molecule has 0 unspecified atom stereocenters. The minimum atomic E-state index is -0.418. The van der Waals surface area contributed by atoms with E-state index in [0.717, 1.165) is 29.7 Å². The Labute approximate surface area is 140 Å². The Morgan fingerprint density at radius 1 is 1.08 bits per heavy atom. The number of nitrogens with zero attached hydrogens (tertiary/aromatic N) is 2. The molecule has 0 spiro atoms. The molecule has 0 N–H and O–H groups in total. The van der Waals surface area contributed by atoms with Crippen molar-refractivity contribution in [2.75, 3.05) is 6.54 Å². The van der Waals surface area contributed by atoms with Gasteiger partial charge in [0.05, 0.1) is 10.6 Å². The van der Waals surface area contributed by atoms with Crippen LogP contribution in [0.15, 0.2) is 48.5 Å². The van der Waals surface area contributed by atoms with E-state index in [-0.39, 0.29) is 11.6 Å². The van der Waals surface area contributed by atoms with Crippen molar-refractivity contribution in [2.45, 2.75) is 19.8 Å². The van der Waals surface area contributed by atoms with Crippen molar-refractivity contribution in [3.8, 4) is 0 Å². The second-order valence-corrected chi connectivity index (χ2v) is 5.73. The Morgan fingerprint density at radius 2 is 1.75 bits per heavy atom. The molecule has 1 aliphatic heterocycles. The molecule has 0 atom stereocenters. The fraction of sp³-hybridized carbons (Fsp3) is 0.211. The molecule has 2 aromatic rings. The van der Waals surface area contributed by atoms with Gasteiger partial charge in [-0.05, 0) is 36.3 Å². The molecule has 122 valence electrons. The highest BCUT2D eigenvalue weighted by Gasteiger charge is 2.31. The Bertz CT molecular complexity index is 810. The van der Waals surface area contributed by atoms with E-state index >= 15 is 0 Å². The van der Waals surface area contributed by atoms with Gasteiger partial charge in [0.1, 0.15) is 0 Å². The van der Waals surface area contributed by atoms with Crippen LogP contribution in [-0.4, -0.2) is 22.3 Å². The molecule has 0 saturated heterocycles. The summed E-state index contributed by atoms with van der Waals surface area (Å²) in [6.07, 6.45) is 3.85. The summed E-state index contributed by atoms with van der Waals surface area (Å²) >= 11 is 0. The zero-order chi connectivity index (χ0) is 17.1. The van der Waals surface area contributed by atoms with E-state index in [0.29, 0.717) is 12.1 Å². The summed E-state index contributed by atoms with van der Waals surface area (Å²) in [5.74, 6) is 0.0206.